The van der Waals surface area contributed by atoms with Crippen LogP contribution in [-0.4, -0.2) is 51.5 Å². The normalized spacial score (nSPS) is 17.8. The number of nitrogens with zero attached hydrogens (tertiary/aromatic N) is 5. The van der Waals surface area contributed by atoms with Crippen molar-refractivity contribution in [2.75, 3.05) is 20.1 Å². The van der Waals surface area contributed by atoms with Gasteiger partial charge < -0.3 is 4.90 Å². The molecule has 0 amide bonds. The minimum atomic E-state index is 0.150. The molecule has 0 bridgehead atoms. The summed E-state index contributed by atoms with van der Waals surface area (Å²) in [5, 5.41) is 0. The van der Waals surface area contributed by atoms with E-state index in [4.69, 9.17) is 0 Å². The fraction of sp³-hybridized carbons (Fsp3) is 0.450. The third kappa shape index (κ3) is 3.42. The average molecular weight is 349 g/mol. The molecule has 0 aromatic carbocycles. The van der Waals surface area contributed by atoms with Crippen molar-refractivity contribution >= 4 is 11.5 Å². The Morgan fingerprint density at radius 2 is 2.04 bits per heavy atom. The van der Waals surface area contributed by atoms with Crippen LogP contribution in [0.4, 0.5) is 0 Å². The van der Waals surface area contributed by atoms with E-state index in [0.29, 0.717) is 13.0 Å². The standard InChI is InChI=1S/C20H23N5O/c1-13-17-7-15(9-23-19(17)12-22-13)18-11-21-10-16(24-18)8-20(26)14-3-5-25(2)6-4-14/h7,9-11,14H,3-6,8,12H2,1-2H3. The number of piperidine rings is 1. The molecular formula is C20H23N5O. The van der Waals surface area contributed by atoms with Crippen LogP contribution in [0.15, 0.2) is 29.6 Å². The first-order chi connectivity index (χ1) is 12.6. The molecular weight excluding hydrogens is 326 g/mol. The molecule has 0 aliphatic carbocycles. The van der Waals surface area contributed by atoms with Gasteiger partial charge in [-0.2, -0.15) is 0 Å². The first-order valence-electron chi connectivity index (χ1n) is 9.13. The van der Waals surface area contributed by atoms with E-state index in [1.165, 1.54) is 0 Å². The van der Waals surface area contributed by atoms with Crippen LogP contribution in [-0.2, 0) is 17.8 Å². The van der Waals surface area contributed by atoms with Gasteiger partial charge in [0.25, 0.3) is 0 Å². The molecule has 0 saturated carbocycles. The largest absolute Gasteiger partial charge is 0.306 e. The molecule has 2 aliphatic heterocycles. The van der Waals surface area contributed by atoms with Gasteiger partial charge in [0.2, 0.25) is 0 Å². The lowest BCUT2D eigenvalue weighted by Gasteiger charge is -2.27. The Balaban J connectivity index is 1.51. The molecule has 4 rings (SSSR count). The van der Waals surface area contributed by atoms with Crippen LogP contribution in [0.3, 0.4) is 0 Å². The Bertz CT molecular complexity index is 868. The third-order valence-electron chi connectivity index (χ3n) is 5.34. The van der Waals surface area contributed by atoms with Crippen molar-refractivity contribution < 1.29 is 4.79 Å². The van der Waals surface area contributed by atoms with E-state index in [1.807, 2.05) is 13.1 Å². The number of aromatic nitrogens is 3. The maximum atomic E-state index is 12.6. The highest BCUT2D eigenvalue weighted by molar-refractivity contribution is 6.02. The molecule has 1 saturated heterocycles. The zero-order valence-corrected chi connectivity index (χ0v) is 15.3. The number of hydrogen-bond donors (Lipinski definition) is 0. The van der Waals surface area contributed by atoms with Gasteiger partial charge in [-0.05, 0) is 46.0 Å². The second-order valence-electron chi connectivity index (χ2n) is 7.24. The maximum Gasteiger partial charge on any atom is 0.142 e. The van der Waals surface area contributed by atoms with Crippen LogP contribution in [0, 0.1) is 5.92 Å². The van der Waals surface area contributed by atoms with E-state index in [-0.39, 0.29) is 11.7 Å². The molecule has 0 radical (unpaired) electrons. The Morgan fingerprint density at radius 1 is 1.23 bits per heavy atom. The zero-order valence-electron chi connectivity index (χ0n) is 15.3. The summed E-state index contributed by atoms with van der Waals surface area (Å²) in [7, 11) is 2.10. The van der Waals surface area contributed by atoms with E-state index >= 15 is 0 Å². The summed E-state index contributed by atoms with van der Waals surface area (Å²) in [6, 6.07) is 2.07. The minimum Gasteiger partial charge on any atom is -0.306 e. The topological polar surface area (TPSA) is 71.3 Å². The van der Waals surface area contributed by atoms with Crippen LogP contribution in [0.25, 0.3) is 11.3 Å². The number of ketones is 1. The van der Waals surface area contributed by atoms with Gasteiger partial charge >= 0.3 is 0 Å². The van der Waals surface area contributed by atoms with E-state index in [1.54, 1.807) is 12.4 Å². The zero-order chi connectivity index (χ0) is 18.1. The van der Waals surface area contributed by atoms with Gasteiger partial charge in [0.1, 0.15) is 5.78 Å². The summed E-state index contributed by atoms with van der Waals surface area (Å²) < 4.78 is 0. The smallest absolute Gasteiger partial charge is 0.142 e. The van der Waals surface area contributed by atoms with Crippen LogP contribution in [0.5, 0.6) is 0 Å². The molecule has 0 N–H and O–H groups in total. The fourth-order valence-electron chi connectivity index (χ4n) is 3.64. The summed E-state index contributed by atoms with van der Waals surface area (Å²) in [6.45, 7) is 4.63. The van der Waals surface area contributed by atoms with Gasteiger partial charge in [-0.15, -0.1) is 0 Å². The molecule has 0 unspecified atom stereocenters. The summed E-state index contributed by atoms with van der Waals surface area (Å²) >= 11 is 0. The molecule has 26 heavy (non-hydrogen) atoms. The molecule has 2 aromatic heterocycles. The number of rotatable bonds is 4. The quantitative estimate of drug-likeness (QED) is 0.847. The highest BCUT2D eigenvalue weighted by Gasteiger charge is 2.24. The Morgan fingerprint density at radius 3 is 2.85 bits per heavy atom. The minimum absolute atomic E-state index is 0.150. The van der Waals surface area contributed by atoms with Crippen molar-refractivity contribution in [2.24, 2.45) is 10.9 Å². The Kier molecular flexibility index (Phi) is 4.59. The van der Waals surface area contributed by atoms with Gasteiger partial charge in [0, 0.05) is 35.2 Å². The van der Waals surface area contributed by atoms with Crippen molar-refractivity contribution in [1.82, 2.24) is 19.9 Å². The van der Waals surface area contributed by atoms with E-state index < -0.39 is 0 Å². The lowest BCUT2D eigenvalue weighted by atomic mass is 9.90. The number of hydrogen-bond acceptors (Lipinski definition) is 6. The van der Waals surface area contributed by atoms with E-state index in [0.717, 1.165) is 59.9 Å². The van der Waals surface area contributed by atoms with Gasteiger partial charge in [-0.3, -0.25) is 19.8 Å². The number of Topliss-reactive ketones (excluding diaryl/α,β-unsaturated/α-hetero) is 1. The summed E-state index contributed by atoms with van der Waals surface area (Å²) in [4.78, 5) is 32.8. The van der Waals surface area contributed by atoms with Gasteiger partial charge in [-0.1, -0.05) is 0 Å². The van der Waals surface area contributed by atoms with Gasteiger partial charge in [-0.25, -0.2) is 4.98 Å². The highest BCUT2D eigenvalue weighted by Crippen LogP contribution is 2.24. The van der Waals surface area contributed by atoms with Crippen LogP contribution < -0.4 is 0 Å². The number of likely N-dealkylation sites (tertiary alicyclic amines) is 1. The molecule has 0 atom stereocenters. The second-order valence-corrected chi connectivity index (χ2v) is 7.24. The second kappa shape index (κ2) is 7.03. The molecule has 1 fully saturated rings. The Hall–Kier alpha value is -2.47. The molecule has 4 heterocycles. The van der Waals surface area contributed by atoms with Crippen molar-refractivity contribution in [3.8, 4) is 11.3 Å². The predicted octanol–water partition coefficient (Wildman–Crippen LogP) is 2.31. The molecule has 6 heteroatoms. The number of pyridine rings is 1. The van der Waals surface area contributed by atoms with Crippen molar-refractivity contribution in [2.45, 2.75) is 32.7 Å². The molecule has 0 spiro atoms. The highest BCUT2D eigenvalue weighted by atomic mass is 16.1. The first kappa shape index (κ1) is 17.0. The van der Waals surface area contributed by atoms with Crippen molar-refractivity contribution in [1.29, 1.82) is 0 Å². The Labute approximate surface area is 153 Å². The molecule has 134 valence electrons. The third-order valence-corrected chi connectivity index (χ3v) is 5.34. The van der Waals surface area contributed by atoms with Crippen molar-refractivity contribution in [3.63, 3.8) is 0 Å². The van der Waals surface area contributed by atoms with Crippen LogP contribution >= 0.6 is 0 Å². The number of carbonyl (C=O) groups is 1. The summed E-state index contributed by atoms with van der Waals surface area (Å²) in [6.07, 6.45) is 7.48. The lowest BCUT2D eigenvalue weighted by molar-refractivity contribution is -0.123. The fourth-order valence-corrected chi connectivity index (χ4v) is 3.64. The van der Waals surface area contributed by atoms with Crippen LogP contribution in [0.2, 0.25) is 0 Å². The monoisotopic (exact) mass is 349 g/mol. The average Bonchev–Trinajstić information content (AvgIpc) is 3.03. The number of fused-ring (bicyclic) bond motifs is 1. The lowest BCUT2D eigenvalue weighted by Crippen LogP contribution is -2.34. The number of aliphatic imine (C=N–C) groups is 1. The number of carbonyl (C=O) groups excluding carboxylic acids is 1. The van der Waals surface area contributed by atoms with E-state index in [2.05, 4.69) is 38.0 Å². The first-order valence-corrected chi connectivity index (χ1v) is 9.13. The van der Waals surface area contributed by atoms with Crippen molar-refractivity contribution in [3.05, 3.63) is 41.6 Å². The summed E-state index contributed by atoms with van der Waals surface area (Å²) in [5.41, 5.74) is 5.51. The molecule has 6 nitrogen and oxygen atoms in total. The van der Waals surface area contributed by atoms with Gasteiger partial charge in [0.05, 0.1) is 36.2 Å². The predicted molar refractivity (Wildman–Crippen MR) is 100 cm³/mol. The SMILES string of the molecule is CC1=NCc2ncc(-c3cncc(CC(=O)C4CCN(C)CC4)n3)cc21. The van der Waals surface area contributed by atoms with E-state index in [9.17, 15) is 4.79 Å². The summed E-state index contributed by atoms with van der Waals surface area (Å²) in [5.74, 6) is 0.428. The maximum absolute atomic E-state index is 12.6. The van der Waals surface area contributed by atoms with Crippen LogP contribution in [0.1, 0.15) is 36.7 Å². The molecule has 2 aromatic rings. The van der Waals surface area contributed by atoms with Gasteiger partial charge in [0.15, 0.2) is 0 Å². The molecule has 2 aliphatic rings.